The van der Waals surface area contributed by atoms with Gasteiger partial charge in [0.25, 0.3) is 0 Å². The molecule has 0 aliphatic carbocycles. The molecule has 1 rings (SSSR count). The van der Waals surface area contributed by atoms with Crippen molar-refractivity contribution in [3.05, 3.63) is 0 Å². The largest absolute Gasteiger partial charge is 0.400 e. The summed E-state index contributed by atoms with van der Waals surface area (Å²) in [7, 11) is -5.00. The third-order valence-electron chi connectivity index (χ3n) is 4.16. The Hall–Kier alpha value is -0.330. The number of hydrogen-bond donors (Lipinski definition) is 5. The van der Waals surface area contributed by atoms with E-state index in [-0.39, 0.29) is 6.42 Å². The molecule has 0 bridgehead atoms. The maximum Gasteiger partial charge on any atom is 0.400 e. The minimum absolute atomic E-state index is 0.139. The lowest BCUT2D eigenvalue weighted by atomic mass is 9.89. The zero-order valence-corrected chi connectivity index (χ0v) is 14.6. The van der Waals surface area contributed by atoms with Gasteiger partial charge in [-0.3, -0.25) is 4.55 Å². The fourth-order valence-corrected chi connectivity index (χ4v) is 3.43. The van der Waals surface area contributed by atoms with Crippen molar-refractivity contribution in [3.63, 3.8) is 0 Å². The second kappa shape index (κ2) is 9.39. The van der Waals surface area contributed by atoms with Crippen molar-refractivity contribution in [3.8, 4) is 0 Å². The molecule has 1 aliphatic heterocycles. The lowest BCUT2D eigenvalue weighted by molar-refractivity contribution is -0.340. The van der Waals surface area contributed by atoms with Gasteiger partial charge in [-0.15, -0.1) is 0 Å². The molecule has 5 atom stereocenters. The monoisotopic (exact) mass is 372 g/mol. The topological polar surface area (TPSA) is 154 Å². The maximum absolute atomic E-state index is 11.1. The van der Waals surface area contributed by atoms with E-state index in [4.69, 9.17) is 9.29 Å². The molecule has 0 spiro atoms. The fourth-order valence-electron chi connectivity index (χ4n) is 2.86. The molecule has 24 heavy (non-hydrogen) atoms. The molecule has 0 radical (unpaired) electrons. The Labute approximate surface area is 142 Å². The van der Waals surface area contributed by atoms with Crippen LogP contribution in [-0.4, -0.2) is 70.2 Å². The van der Waals surface area contributed by atoms with Crippen molar-refractivity contribution in [1.82, 2.24) is 0 Å². The van der Waals surface area contributed by atoms with Crippen LogP contribution in [0.2, 0.25) is 0 Å². The summed E-state index contributed by atoms with van der Waals surface area (Å²) < 4.78 is 41.1. The fraction of sp³-hybridized carbons (Fsp3) is 1.00. The normalized spacial score (nSPS) is 34.4. The van der Waals surface area contributed by atoms with Gasteiger partial charge in [0.2, 0.25) is 5.79 Å². The van der Waals surface area contributed by atoms with Crippen LogP contribution < -0.4 is 0 Å². The first-order valence-corrected chi connectivity index (χ1v) is 9.54. The van der Waals surface area contributed by atoms with Crippen LogP contribution in [0.25, 0.3) is 0 Å². The minimum Gasteiger partial charge on any atom is -0.394 e. The quantitative estimate of drug-likeness (QED) is 0.257. The van der Waals surface area contributed by atoms with Crippen molar-refractivity contribution < 1.29 is 42.3 Å². The summed E-state index contributed by atoms with van der Waals surface area (Å²) in [6.07, 6.45) is -1.67. The Balaban J connectivity index is 2.85. The molecule has 1 heterocycles. The van der Waals surface area contributed by atoms with Crippen LogP contribution in [0.5, 0.6) is 0 Å². The summed E-state index contributed by atoms with van der Waals surface area (Å²) in [6, 6.07) is 0. The van der Waals surface area contributed by atoms with Gasteiger partial charge in [-0.05, 0) is 6.42 Å². The van der Waals surface area contributed by atoms with Crippen LogP contribution in [0.3, 0.4) is 0 Å². The van der Waals surface area contributed by atoms with E-state index in [1.165, 1.54) is 0 Å². The first-order valence-electron chi connectivity index (χ1n) is 8.17. The second-order valence-electron chi connectivity index (χ2n) is 6.11. The zero-order chi connectivity index (χ0) is 18.4. The summed E-state index contributed by atoms with van der Waals surface area (Å²) in [4.78, 5) is 0. The van der Waals surface area contributed by atoms with Gasteiger partial charge in [0.05, 0.1) is 6.61 Å². The van der Waals surface area contributed by atoms with Gasteiger partial charge in [0, 0.05) is 6.42 Å². The molecule has 1 unspecified atom stereocenters. The van der Waals surface area contributed by atoms with E-state index >= 15 is 0 Å². The second-order valence-corrected chi connectivity index (χ2v) is 7.13. The number of unbranched alkanes of at least 4 members (excludes halogenated alkanes) is 5. The van der Waals surface area contributed by atoms with E-state index in [0.29, 0.717) is 12.8 Å². The van der Waals surface area contributed by atoms with E-state index in [2.05, 4.69) is 11.1 Å². The van der Waals surface area contributed by atoms with Crippen LogP contribution in [0.4, 0.5) is 0 Å². The molecule has 144 valence electrons. The van der Waals surface area contributed by atoms with Crippen molar-refractivity contribution >= 4 is 10.4 Å². The number of hydrogen-bond acceptors (Lipinski definition) is 8. The number of aliphatic hydroxyl groups is 4. The molecular weight excluding hydrogens is 344 g/mol. The Bertz CT molecular complexity index is 467. The summed E-state index contributed by atoms with van der Waals surface area (Å²) in [5, 5.41) is 39.0. The summed E-state index contributed by atoms with van der Waals surface area (Å²) in [5.74, 6) is -2.26. The van der Waals surface area contributed by atoms with Gasteiger partial charge in [0.1, 0.15) is 24.4 Å². The van der Waals surface area contributed by atoms with Gasteiger partial charge < -0.3 is 25.2 Å². The standard InChI is InChI=1S/C14H28O9S/c1-2-3-4-5-6-7-8-14(23-24(19,20)21)13(18)12(17)11(16)10(9-15)22-14/h10-13,15-18H,2-9H2,1H3,(H,19,20,21)/t10-,11-,12+,13-,14?/m1/s1. The Kier molecular flexibility index (Phi) is 8.50. The van der Waals surface area contributed by atoms with E-state index < -0.39 is 47.2 Å². The van der Waals surface area contributed by atoms with Crippen molar-refractivity contribution in [2.45, 2.75) is 82.1 Å². The highest BCUT2D eigenvalue weighted by molar-refractivity contribution is 7.80. The number of aliphatic hydroxyl groups excluding tert-OH is 4. The van der Waals surface area contributed by atoms with Gasteiger partial charge >= 0.3 is 10.4 Å². The van der Waals surface area contributed by atoms with Crippen LogP contribution in [0, 0.1) is 0 Å². The third-order valence-corrected chi connectivity index (χ3v) is 4.65. The van der Waals surface area contributed by atoms with Gasteiger partial charge in [0.15, 0.2) is 0 Å². The average molecular weight is 372 g/mol. The Morgan fingerprint density at radius 3 is 2.17 bits per heavy atom. The van der Waals surface area contributed by atoms with E-state index in [1.807, 2.05) is 0 Å². The highest BCUT2D eigenvalue weighted by Gasteiger charge is 2.56. The average Bonchev–Trinajstić information content (AvgIpc) is 2.50. The molecule has 0 saturated carbocycles. The van der Waals surface area contributed by atoms with E-state index in [1.54, 1.807) is 0 Å². The summed E-state index contributed by atoms with van der Waals surface area (Å²) in [6.45, 7) is 1.35. The smallest absolute Gasteiger partial charge is 0.394 e. The SMILES string of the molecule is CCCCCCCCC1(OS(=O)(=O)O)O[C@H](CO)[C@@H](O)[C@H](O)[C@H]1O. The highest BCUT2D eigenvalue weighted by atomic mass is 32.3. The Morgan fingerprint density at radius 2 is 1.62 bits per heavy atom. The van der Waals surface area contributed by atoms with Gasteiger partial charge in [-0.2, -0.15) is 8.42 Å². The van der Waals surface area contributed by atoms with Crippen molar-refractivity contribution in [2.24, 2.45) is 0 Å². The molecule has 1 saturated heterocycles. The first-order chi connectivity index (χ1) is 11.2. The molecule has 0 aromatic heterocycles. The molecule has 0 aromatic carbocycles. The molecule has 1 aliphatic rings. The molecule has 0 amide bonds. The first kappa shape index (κ1) is 21.7. The van der Waals surface area contributed by atoms with Crippen LogP contribution >= 0.6 is 0 Å². The van der Waals surface area contributed by atoms with E-state index in [9.17, 15) is 28.8 Å². The van der Waals surface area contributed by atoms with Crippen LogP contribution in [0.1, 0.15) is 51.9 Å². The van der Waals surface area contributed by atoms with Crippen LogP contribution in [-0.2, 0) is 19.3 Å². The summed E-state index contributed by atoms with van der Waals surface area (Å²) >= 11 is 0. The van der Waals surface area contributed by atoms with Gasteiger partial charge in [-0.25, -0.2) is 4.18 Å². The molecule has 10 heteroatoms. The molecule has 0 aromatic rings. The molecular formula is C14H28O9S. The third kappa shape index (κ3) is 5.88. The summed E-state index contributed by atoms with van der Waals surface area (Å²) in [5.41, 5.74) is 0. The zero-order valence-electron chi connectivity index (χ0n) is 13.7. The maximum atomic E-state index is 11.1. The molecule has 5 N–H and O–H groups in total. The van der Waals surface area contributed by atoms with Gasteiger partial charge in [-0.1, -0.05) is 39.0 Å². The Morgan fingerprint density at radius 1 is 1.04 bits per heavy atom. The predicted octanol–water partition coefficient (Wildman–Crippen LogP) is -0.273. The highest BCUT2D eigenvalue weighted by Crippen LogP contribution is 2.36. The predicted molar refractivity (Wildman–Crippen MR) is 83.3 cm³/mol. The number of rotatable bonds is 10. The molecule has 1 fully saturated rings. The lowest BCUT2D eigenvalue weighted by Crippen LogP contribution is -2.66. The van der Waals surface area contributed by atoms with Crippen molar-refractivity contribution in [1.29, 1.82) is 0 Å². The lowest BCUT2D eigenvalue weighted by Gasteiger charge is -2.47. The van der Waals surface area contributed by atoms with Crippen molar-refractivity contribution in [2.75, 3.05) is 6.61 Å². The minimum atomic E-state index is -5.00. The van der Waals surface area contributed by atoms with Crippen LogP contribution in [0.15, 0.2) is 0 Å². The number of ether oxygens (including phenoxy) is 1. The van der Waals surface area contributed by atoms with E-state index in [0.717, 1.165) is 25.7 Å². The molecule has 9 nitrogen and oxygen atoms in total.